The third-order valence-corrected chi connectivity index (χ3v) is 6.32. The van der Waals surface area contributed by atoms with Crippen molar-refractivity contribution in [2.24, 2.45) is 0 Å². The fourth-order valence-electron chi connectivity index (χ4n) is 4.54. The number of carbonyl (C=O) groups is 1. The molecule has 0 saturated carbocycles. The number of nitrogens with zero attached hydrogens (tertiary/aromatic N) is 4. The number of benzene rings is 1. The summed E-state index contributed by atoms with van der Waals surface area (Å²) in [5.74, 6) is 3.14. The molecule has 2 aliphatic heterocycles. The highest BCUT2D eigenvalue weighted by Crippen LogP contribution is 2.29. The lowest BCUT2D eigenvalue weighted by molar-refractivity contribution is -0.132. The van der Waals surface area contributed by atoms with Gasteiger partial charge >= 0.3 is 0 Å². The van der Waals surface area contributed by atoms with E-state index < -0.39 is 0 Å². The normalized spacial score (nSPS) is 19.1. The number of fused-ring (bicyclic) bond motifs is 1. The molecular weight excluding hydrogens is 390 g/mol. The van der Waals surface area contributed by atoms with E-state index >= 15 is 0 Å². The van der Waals surface area contributed by atoms with Gasteiger partial charge in [0.25, 0.3) is 0 Å². The minimum absolute atomic E-state index is 0.110. The van der Waals surface area contributed by atoms with Crippen LogP contribution in [0.3, 0.4) is 0 Å². The Morgan fingerprint density at radius 3 is 2.87 bits per heavy atom. The number of anilines is 1. The fraction of sp³-hybridized carbons (Fsp3) is 0.542. The zero-order valence-corrected chi connectivity index (χ0v) is 18.9. The number of amides is 1. The predicted octanol–water partition coefficient (Wildman–Crippen LogP) is 2.99. The van der Waals surface area contributed by atoms with Crippen LogP contribution in [0.4, 0.5) is 5.82 Å². The first kappa shape index (κ1) is 21.6. The van der Waals surface area contributed by atoms with E-state index in [1.54, 1.807) is 0 Å². The van der Waals surface area contributed by atoms with Crippen molar-refractivity contribution in [1.82, 2.24) is 19.8 Å². The van der Waals surface area contributed by atoms with Gasteiger partial charge in [0.05, 0.1) is 25.3 Å². The van der Waals surface area contributed by atoms with Crippen molar-refractivity contribution in [2.45, 2.75) is 45.1 Å². The summed E-state index contributed by atoms with van der Waals surface area (Å²) in [5.41, 5.74) is 3.22. The van der Waals surface area contributed by atoms with E-state index in [-0.39, 0.29) is 5.91 Å². The maximum Gasteiger partial charge on any atom is 0.226 e. The van der Waals surface area contributed by atoms with Crippen LogP contribution in [0.1, 0.15) is 47.8 Å². The number of nitrogens with one attached hydrogen (secondary N) is 1. The molecule has 1 aromatic carbocycles. The van der Waals surface area contributed by atoms with Crippen molar-refractivity contribution in [3.05, 3.63) is 46.9 Å². The van der Waals surface area contributed by atoms with E-state index in [2.05, 4.69) is 17.3 Å². The highest BCUT2D eigenvalue weighted by atomic mass is 16.5. The van der Waals surface area contributed by atoms with E-state index in [1.165, 1.54) is 6.42 Å². The third kappa shape index (κ3) is 4.98. The predicted molar refractivity (Wildman–Crippen MR) is 121 cm³/mol. The SMILES string of the molecule is CNc1nc([C@@H]2CCCN(C)C2)nc2c1CN(C(=O)CCOc1ccccc1C)CC2. The van der Waals surface area contributed by atoms with Crippen LogP contribution in [-0.4, -0.2) is 66.0 Å². The second kappa shape index (κ2) is 9.64. The van der Waals surface area contributed by atoms with Crippen molar-refractivity contribution in [3.8, 4) is 5.75 Å². The molecule has 4 rings (SSSR count). The smallest absolute Gasteiger partial charge is 0.226 e. The van der Waals surface area contributed by atoms with Crippen LogP contribution in [0.5, 0.6) is 5.75 Å². The van der Waals surface area contributed by atoms with E-state index in [9.17, 15) is 4.79 Å². The summed E-state index contributed by atoms with van der Waals surface area (Å²) in [6, 6.07) is 7.88. The second-order valence-corrected chi connectivity index (χ2v) is 8.64. The lowest BCUT2D eigenvalue weighted by Crippen LogP contribution is -2.38. The molecule has 1 saturated heterocycles. The number of rotatable bonds is 6. The molecule has 0 bridgehead atoms. The van der Waals surface area contributed by atoms with Gasteiger partial charge in [-0.15, -0.1) is 0 Å². The Morgan fingerprint density at radius 1 is 1.26 bits per heavy atom. The van der Waals surface area contributed by atoms with Crippen LogP contribution in [0.25, 0.3) is 0 Å². The molecule has 1 aromatic heterocycles. The van der Waals surface area contributed by atoms with Gasteiger partial charge in [-0.1, -0.05) is 18.2 Å². The Hall–Kier alpha value is -2.67. The lowest BCUT2D eigenvalue weighted by Gasteiger charge is -2.32. The van der Waals surface area contributed by atoms with Crippen LogP contribution in [0.15, 0.2) is 24.3 Å². The summed E-state index contributed by atoms with van der Waals surface area (Å²) in [6.45, 7) is 5.80. The quantitative estimate of drug-likeness (QED) is 0.770. The Labute approximate surface area is 184 Å². The Balaban J connectivity index is 1.40. The van der Waals surface area contributed by atoms with Gasteiger partial charge in [-0.05, 0) is 45.0 Å². The summed E-state index contributed by atoms with van der Waals surface area (Å²) in [6.07, 6.45) is 3.46. The molecular formula is C24H33N5O2. The van der Waals surface area contributed by atoms with Crippen LogP contribution >= 0.6 is 0 Å². The van der Waals surface area contributed by atoms with Crippen LogP contribution < -0.4 is 10.1 Å². The van der Waals surface area contributed by atoms with Gasteiger partial charge in [-0.25, -0.2) is 9.97 Å². The number of piperidine rings is 1. The van der Waals surface area contributed by atoms with Gasteiger partial charge in [0.1, 0.15) is 17.4 Å². The molecule has 1 N–H and O–H groups in total. The summed E-state index contributed by atoms with van der Waals surface area (Å²) in [4.78, 5) is 26.9. The van der Waals surface area contributed by atoms with Crippen LogP contribution in [0.2, 0.25) is 0 Å². The Bertz CT molecular complexity index is 915. The molecule has 1 fully saturated rings. The van der Waals surface area contributed by atoms with Crippen molar-refractivity contribution >= 4 is 11.7 Å². The van der Waals surface area contributed by atoms with Gasteiger partial charge in [0.2, 0.25) is 5.91 Å². The summed E-state index contributed by atoms with van der Waals surface area (Å²) >= 11 is 0. The first-order valence-corrected chi connectivity index (χ1v) is 11.3. The maximum absolute atomic E-state index is 12.8. The summed E-state index contributed by atoms with van der Waals surface area (Å²) in [7, 11) is 4.06. The molecule has 0 spiro atoms. The minimum atomic E-state index is 0.110. The Morgan fingerprint density at radius 2 is 2.10 bits per heavy atom. The van der Waals surface area contributed by atoms with Gasteiger partial charge in [0, 0.05) is 38.0 Å². The fourth-order valence-corrected chi connectivity index (χ4v) is 4.54. The molecule has 7 heteroatoms. The van der Waals surface area contributed by atoms with Crippen molar-refractivity contribution in [1.29, 1.82) is 0 Å². The number of hydrogen-bond donors (Lipinski definition) is 1. The van der Waals surface area contributed by atoms with Gasteiger partial charge in [-0.3, -0.25) is 4.79 Å². The second-order valence-electron chi connectivity index (χ2n) is 8.64. The number of ether oxygens (including phenoxy) is 1. The molecule has 31 heavy (non-hydrogen) atoms. The number of carbonyl (C=O) groups excluding carboxylic acids is 1. The maximum atomic E-state index is 12.8. The van der Waals surface area contributed by atoms with Crippen molar-refractivity contribution < 1.29 is 9.53 Å². The Kier molecular flexibility index (Phi) is 6.70. The molecule has 1 amide bonds. The molecule has 0 unspecified atom stereocenters. The van der Waals surface area contributed by atoms with Crippen LogP contribution in [-0.2, 0) is 17.8 Å². The molecule has 0 radical (unpaired) electrons. The lowest BCUT2D eigenvalue weighted by atomic mass is 9.96. The molecule has 2 aromatic rings. The molecule has 1 atom stereocenters. The topological polar surface area (TPSA) is 70.6 Å². The zero-order chi connectivity index (χ0) is 21.8. The first-order valence-electron chi connectivity index (χ1n) is 11.3. The molecule has 7 nitrogen and oxygen atoms in total. The summed E-state index contributed by atoms with van der Waals surface area (Å²) < 4.78 is 5.82. The van der Waals surface area contributed by atoms with Crippen molar-refractivity contribution in [2.75, 3.05) is 45.7 Å². The number of aryl methyl sites for hydroxylation is 1. The monoisotopic (exact) mass is 423 g/mol. The first-order chi connectivity index (χ1) is 15.0. The number of aromatic nitrogens is 2. The molecule has 3 heterocycles. The number of likely N-dealkylation sites (tertiary alicyclic amines) is 1. The van der Waals surface area contributed by atoms with Crippen LogP contribution in [0, 0.1) is 6.92 Å². The van der Waals surface area contributed by atoms with Gasteiger partial charge < -0.3 is 19.9 Å². The highest BCUT2D eigenvalue weighted by molar-refractivity contribution is 5.77. The molecule has 0 aliphatic carbocycles. The third-order valence-electron chi connectivity index (χ3n) is 6.32. The highest BCUT2D eigenvalue weighted by Gasteiger charge is 2.28. The van der Waals surface area contributed by atoms with Gasteiger partial charge in [-0.2, -0.15) is 0 Å². The average molecular weight is 424 g/mol. The van der Waals surface area contributed by atoms with E-state index in [4.69, 9.17) is 14.7 Å². The summed E-state index contributed by atoms with van der Waals surface area (Å²) in [5, 5.41) is 3.25. The largest absolute Gasteiger partial charge is 0.493 e. The van der Waals surface area contributed by atoms with E-state index in [0.717, 1.165) is 60.1 Å². The number of para-hydroxylation sites is 1. The molecule has 2 aliphatic rings. The van der Waals surface area contributed by atoms with Gasteiger partial charge in [0.15, 0.2) is 0 Å². The number of hydrogen-bond acceptors (Lipinski definition) is 6. The molecule has 166 valence electrons. The van der Waals surface area contributed by atoms with E-state index in [1.807, 2.05) is 43.1 Å². The standard InChI is InChI=1S/C24H33N5O2/c1-17-7-4-5-9-21(17)31-14-11-22(30)29-13-10-20-19(16-29)24(25-2)27-23(26-20)18-8-6-12-28(3)15-18/h4-5,7,9,18H,6,8,10-16H2,1-3H3,(H,25,26,27)/t18-/m1/s1. The minimum Gasteiger partial charge on any atom is -0.493 e. The zero-order valence-electron chi connectivity index (χ0n) is 18.9. The van der Waals surface area contributed by atoms with E-state index in [0.29, 0.717) is 32.0 Å². The average Bonchev–Trinajstić information content (AvgIpc) is 2.79. The number of likely N-dealkylation sites (N-methyl/N-ethyl adjacent to an activating group) is 1. The van der Waals surface area contributed by atoms with Crippen molar-refractivity contribution in [3.63, 3.8) is 0 Å².